The van der Waals surface area contributed by atoms with Gasteiger partial charge in [0, 0.05) is 15.8 Å². The number of hydrogen-bond donors (Lipinski definition) is 0. The molecule has 0 bridgehead atoms. The molecule has 0 radical (unpaired) electrons. The lowest BCUT2D eigenvalue weighted by Crippen LogP contribution is -2.24. The van der Waals surface area contributed by atoms with Crippen molar-refractivity contribution >= 4 is 62.5 Å². The van der Waals surface area contributed by atoms with E-state index < -0.39 is 5.97 Å². The monoisotopic (exact) mass is 518 g/mol. The quantitative estimate of drug-likeness (QED) is 0.157. The zero-order valence-electron chi connectivity index (χ0n) is 17.9. The number of ether oxygens (including phenoxy) is 1. The Hall–Kier alpha value is -2.32. The van der Waals surface area contributed by atoms with Crippen LogP contribution in [0.5, 0.6) is 0 Å². The fourth-order valence-electron chi connectivity index (χ4n) is 3.39. The molecule has 0 saturated carbocycles. The van der Waals surface area contributed by atoms with Gasteiger partial charge < -0.3 is 4.74 Å². The highest BCUT2D eigenvalue weighted by Gasteiger charge is 2.23. The zero-order chi connectivity index (χ0) is 23.5. The van der Waals surface area contributed by atoms with Crippen molar-refractivity contribution in [2.75, 3.05) is 6.61 Å². The number of aryl methyl sites for hydroxylation is 1. The Morgan fingerprint density at radius 3 is 2.36 bits per heavy atom. The summed E-state index contributed by atoms with van der Waals surface area (Å²) in [5.74, 6) is 0.0928. The van der Waals surface area contributed by atoms with Gasteiger partial charge in [0.25, 0.3) is 5.56 Å². The largest absolute Gasteiger partial charge is 0.462 e. The molecule has 0 atom stereocenters. The fraction of sp³-hybridized carbons (Fsp3) is 0.208. The minimum Gasteiger partial charge on any atom is -0.462 e. The molecular weight excluding hydrogens is 499 g/mol. The zero-order valence-corrected chi connectivity index (χ0v) is 21.1. The molecule has 2 heterocycles. The first kappa shape index (κ1) is 23.8. The molecule has 0 spiro atoms. The maximum Gasteiger partial charge on any atom is 0.348 e. The van der Waals surface area contributed by atoms with Gasteiger partial charge >= 0.3 is 5.97 Å². The molecule has 0 amide bonds. The number of rotatable bonds is 7. The van der Waals surface area contributed by atoms with Crippen molar-refractivity contribution in [2.24, 2.45) is 0 Å². The number of benzene rings is 2. The number of halogens is 2. The third kappa shape index (κ3) is 4.96. The topological polar surface area (TPSA) is 61.2 Å². The molecule has 9 heteroatoms. The van der Waals surface area contributed by atoms with E-state index in [1.807, 2.05) is 42.5 Å². The van der Waals surface area contributed by atoms with E-state index in [1.165, 1.54) is 23.1 Å². The van der Waals surface area contributed by atoms with Gasteiger partial charge in [0.15, 0.2) is 5.16 Å². The number of nitrogens with zero attached hydrogens (tertiary/aromatic N) is 2. The van der Waals surface area contributed by atoms with Crippen LogP contribution in [0.15, 0.2) is 58.5 Å². The molecule has 0 aliphatic rings. The van der Waals surface area contributed by atoms with Gasteiger partial charge in [-0.3, -0.25) is 9.36 Å². The summed E-state index contributed by atoms with van der Waals surface area (Å²) in [7, 11) is 0. The summed E-state index contributed by atoms with van der Waals surface area (Å²) in [4.78, 5) is 31.8. The third-order valence-electron chi connectivity index (χ3n) is 5.08. The summed E-state index contributed by atoms with van der Waals surface area (Å²) in [6, 6.07) is 15.0. The van der Waals surface area contributed by atoms with Crippen LogP contribution < -0.4 is 5.56 Å². The van der Waals surface area contributed by atoms with E-state index in [-0.39, 0.29) is 18.7 Å². The molecule has 0 N–H and O–H groups in total. The predicted molar refractivity (Wildman–Crippen MR) is 136 cm³/mol. The SMILES string of the molecule is CCOC(=O)c1sc2nc(SCc3ccccc3Cl)n(Cc3ccccc3Cl)c(=O)c2c1C. The van der Waals surface area contributed by atoms with E-state index in [0.717, 1.165) is 11.1 Å². The number of hydrogen-bond acceptors (Lipinski definition) is 6. The summed E-state index contributed by atoms with van der Waals surface area (Å²) >= 11 is 15.3. The highest BCUT2D eigenvalue weighted by Crippen LogP contribution is 2.32. The second kappa shape index (κ2) is 10.3. The van der Waals surface area contributed by atoms with Gasteiger partial charge in [0.1, 0.15) is 9.71 Å². The van der Waals surface area contributed by atoms with E-state index >= 15 is 0 Å². The average Bonchev–Trinajstić information content (AvgIpc) is 3.13. The Labute approximate surface area is 209 Å². The van der Waals surface area contributed by atoms with E-state index in [1.54, 1.807) is 24.5 Å². The smallest absolute Gasteiger partial charge is 0.348 e. The molecule has 0 unspecified atom stereocenters. The van der Waals surface area contributed by atoms with Crippen LogP contribution in [0, 0.1) is 6.92 Å². The van der Waals surface area contributed by atoms with Gasteiger partial charge in [-0.1, -0.05) is 71.4 Å². The molecule has 5 nitrogen and oxygen atoms in total. The van der Waals surface area contributed by atoms with E-state index in [0.29, 0.717) is 41.6 Å². The Morgan fingerprint density at radius 2 is 1.73 bits per heavy atom. The first-order chi connectivity index (χ1) is 15.9. The Balaban J connectivity index is 1.84. The molecule has 0 fully saturated rings. The summed E-state index contributed by atoms with van der Waals surface area (Å²) in [6.07, 6.45) is 0. The van der Waals surface area contributed by atoms with Crippen LogP contribution in [0.3, 0.4) is 0 Å². The number of esters is 1. The first-order valence-corrected chi connectivity index (χ1v) is 12.8. The second-order valence-electron chi connectivity index (χ2n) is 7.21. The number of thioether (sulfide) groups is 1. The minimum atomic E-state index is -0.444. The van der Waals surface area contributed by atoms with Crippen LogP contribution in [-0.2, 0) is 17.0 Å². The lowest BCUT2D eigenvalue weighted by molar-refractivity contribution is 0.0531. The van der Waals surface area contributed by atoms with Gasteiger partial charge in [-0.15, -0.1) is 11.3 Å². The summed E-state index contributed by atoms with van der Waals surface area (Å²) in [5.41, 5.74) is 2.12. The van der Waals surface area contributed by atoms with Crippen molar-refractivity contribution in [3.05, 3.63) is 90.5 Å². The van der Waals surface area contributed by atoms with Gasteiger partial charge in [-0.2, -0.15) is 0 Å². The molecule has 0 aliphatic heterocycles. The maximum atomic E-state index is 13.7. The van der Waals surface area contributed by atoms with Crippen LogP contribution in [0.2, 0.25) is 10.0 Å². The normalized spacial score (nSPS) is 11.2. The third-order valence-corrected chi connectivity index (χ3v) is 8.01. The van der Waals surface area contributed by atoms with E-state index in [2.05, 4.69) is 0 Å². The van der Waals surface area contributed by atoms with E-state index in [4.69, 9.17) is 32.9 Å². The Bertz CT molecular complexity index is 1400. The van der Waals surface area contributed by atoms with Crippen molar-refractivity contribution in [3.63, 3.8) is 0 Å². The molecule has 2 aromatic carbocycles. The minimum absolute atomic E-state index is 0.217. The van der Waals surface area contributed by atoms with Crippen molar-refractivity contribution in [2.45, 2.75) is 31.3 Å². The fourth-order valence-corrected chi connectivity index (χ4v) is 5.99. The average molecular weight is 519 g/mol. The molecule has 4 rings (SSSR count). The molecule has 170 valence electrons. The Kier molecular flexibility index (Phi) is 7.44. The number of carbonyl (C=O) groups excluding carboxylic acids is 1. The van der Waals surface area contributed by atoms with Crippen molar-refractivity contribution < 1.29 is 9.53 Å². The van der Waals surface area contributed by atoms with Crippen molar-refractivity contribution in [3.8, 4) is 0 Å². The number of fused-ring (bicyclic) bond motifs is 1. The second-order valence-corrected chi connectivity index (χ2v) is 9.97. The van der Waals surface area contributed by atoms with Crippen LogP contribution >= 0.6 is 46.3 Å². The lowest BCUT2D eigenvalue weighted by Gasteiger charge is -2.13. The molecule has 2 aromatic heterocycles. The molecular formula is C24H20Cl2N2O3S2. The maximum absolute atomic E-state index is 13.7. The molecule has 4 aromatic rings. The van der Waals surface area contributed by atoms with Gasteiger partial charge in [-0.05, 0) is 42.7 Å². The van der Waals surface area contributed by atoms with Gasteiger partial charge in [0.05, 0.1) is 18.5 Å². The standard InChI is InChI=1S/C24H20Cl2N2O3S2/c1-3-31-23(30)20-14(2)19-21(33-20)27-24(32-13-16-9-5-7-11-18(16)26)28(22(19)29)12-15-8-4-6-10-17(15)25/h4-11H,3,12-13H2,1-2H3. The number of aromatic nitrogens is 2. The number of thiophene rings is 1. The number of carbonyl (C=O) groups is 1. The van der Waals surface area contributed by atoms with Gasteiger partial charge in [-0.25, -0.2) is 9.78 Å². The first-order valence-electron chi connectivity index (χ1n) is 10.2. The highest BCUT2D eigenvalue weighted by atomic mass is 35.5. The van der Waals surface area contributed by atoms with Crippen LogP contribution in [0.1, 0.15) is 33.3 Å². The molecule has 0 saturated heterocycles. The highest BCUT2D eigenvalue weighted by molar-refractivity contribution is 7.98. The van der Waals surface area contributed by atoms with Crippen LogP contribution in [-0.4, -0.2) is 22.1 Å². The molecule has 33 heavy (non-hydrogen) atoms. The predicted octanol–water partition coefficient (Wildman–Crippen LogP) is 6.59. The summed E-state index contributed by atoms with van der Waals surface area (Å²) in [5, 5.41) is 2.18. The summed E-state index contributed by atoms with van der Waals surface area (Å²) < 4.78 is 6.78. The lowest BCUT2D eigenvalue weighted by atomic mass is 10.2. The summed E-state index contributed by atoms with van der Waals surface area (Å²) in [6.45, 7) is 4.02. The van der Waals surface area contributed by atoms with Crippen molar-refractivity contribution in [1.29, 1.82) is 0 Å². The van der Waals surface area contributed by atoms with E-state index in [9.17, 15) is 9.59 Å². The van der Waals surface area contributed by atoms with Crippen LogP contribution in [0.4, 0.5) is 0 Å². The van der Waals surface area contributed by atoms with Crippen molar-refractivity contribution in [1.82, 2.24) is 9.55 Å². The van der Waals surface area contributed by atoms with Gasteiger partial charge in [0.2, 0.25) is 0 Å². The molecule has 0 aliphatic carbocycles. The van der Waals surface area contributed by atoms with Crippen LogP contribution in [0.25, 0.3) is 10.2 Å². The Morgan fingerprint density at radius 1 is 1.09 bits per heavy atom.